The molecule has 0 unspecified atom stereocenters. The van der Waals surface area contributed by atoms with E-state index in [1.807, 2.05) is 18.2 Å². The number of fused-ring (bicyclic) bond motifs is 2. The van der Waals surface area contributed by atoms with E-state index in [-0.39, 0.29) is 5.56 Å². The van der Waals surface area contributed by atoms with Gasteiger partial charge in [-0.3, -0.25) is 9.97 Å². The number of halogens is 2. The zero-order valence-electron chi connectivity index (χ0n) is 14.7. The van der Waals surface area contributed by atoms with Crippen LogP contribution in [0.3, 0.4) is 0 Å². The van der Waals surface area contributed by atoms with E-state index in [1.54, 1.807) is 25.4 Å². The fourth-order valence-corrected chi connectivity index (χ4v) is 3.83. The maximum absolute atomic E-state index is 14.2. The van der Waals surface area contributed by atoms with E-state index in [1.165, 1.54) is 0 Å². The zero-order valence-corrected chi connectivity index (χ0v) is 14.7. The minimum Gasteiger partial charge on any atom is -0.327 e. The molecule has 3 heterocycles. The molecule has 0 aliphatic carbocycles. The molecular weight excluding hydrogens is 346 g/mol. The Bertz CT molecular complexity index is 1200. The molecule has 2 aromatic heterocycles. The normalized spacial score (nSPS) is 13.3. The van der Waals surface area contributed by atoms with Gasteiger partial charge in [0, 0.05) is 36.5 Å². The Morgan fingerprint density at radius 1 is 1.00 bits per heavy atom. The van der Waals surface area contributed by atoms with Crippen molar-refractivity contribution < 1.29 is 8.78 Å². The van der Waals surface area contributed by atoms with Crippen molar-refractivity contribution >= 4 is 11.0 Å². The zero-order chi connectivity index (χ0) is 18.5. The van der Waals surface area contributed by atoms with E-state index >= 15 is 0 Å². The average Bonchev–Trinajstić information content (AvgIpc) is 3.27. The van der Waals surface area contributed by atoms with Crippen molar-refractivity contribution in [2.75, 3.05) is 0 Å². The van der Waals surface area contributed by atoms with Gasteiger partial charge in [-0.05, 0) is 43.2 Å². The Morgan fingerprint density at radius 3 is 2.67 bits per heavy atom. The standard InChI is InChI=1S/C21H16F2N4/c1-12-14(5-6-15(22)19(12)23)20-21(27-10-2-3-18(27)26-20)13-4-7-16-17(11-13)25-9-8-24-16/h4-9,11H,2-3,10H2,1H3. The molecule has 6 heteroatoms. The molecule has 0 amide bonds. The lowest BCUT2D eigenvalue weighted by atomic mass is 10.00. The molecule has 0 fully saturated rings. The smallest absolute Gasteiger partial charge is 0.162 e. The fraction of sp³-hybridized carbons (Fsp3) is 0.190. The molecule has 2 aromatic carbocycles. The second kappa shape index (κ2) is 5.94. The van der Waals surface area contributed by atoms with Gasteiger partial charge < -0.3 is 4.57 Å². The van der Waals surface area contributed by atoms with Gasteiger partial charge in [0.15, 0.2) is 11.6 Å². The summed E-state index contributed by atoms with van der Waals surface area (Å²) in [5.41, 5.74) is 5.04. The molecule has 4 nitrogen and oxygen atoms in total. The lowest BCUT2D eigenvalue weighted by Gasteiger charge is -2.11. The first kappa shape index (κ1) is 16.1. The predicted molar refractivity (Wildman–Crippen MR) is 99.2 cm³/mol. The number of nitrogens with zero attached hydrogens (tertiary/aromatic N) is 4. The predicted octanol–water partition coefficient (Wildman–Crippen LogP) is 4.69. The maximum Gasteiger partial charge on any atom is 0.162 e. The molecule has 1 aliphatic rings. The SMILES string of the molecule is Cc1c(-c2nc3n(c2-c2ccc4nccnc4c2)CCC3)ccc(F)c1F. The molecule has 0 bridgehead atoms. The van der Waals surface area contributed by atoms with Crippen LogP contribution in [0, 0.1) is 18.6 Å². The third kappa shape index (κ3) is 2.44. The van der Waals surface area contributed by atoms with Crippen LogP contribution in [0.15, 0.2) is 42.7 Å². The molecule has 0 N–H and O–H groups in total. The van der Waals surface area contributed by atoms with E-state index < -0.39 is 11.6 Å². The minimum atomic E-state index is -0.842. The molecule has 27 heavy (non-hydrogen) atoms. The summed E-state index contributed by atoms with van der Waals surface area (Å²) in [7, 11) is 0. The Balaban J connectivity index is 1.78. The number of aromatic nitrogens is 4. The number of aryl methyl sites for hydroxylation is 1. The van der Waals surface area contributed by atoms with Crippen molar-refractivity contribution in [3.05, 3.63) is 65.7 Å². The van der Waals surface area contributed by atoms with Crippen molar-refractivity contribution in [1.82, 2.24) is 19.5 Å². The van der Waals surface area contributed by atoms with Crippen LogP contribution in [-0.4, -0.2) is 19.5 Å². The summed E-state index contributed by atoms with van der Waals surface area (Å²) in [4.78, 5) is 13.5. The van der Waals surface area contributed by atoms with Crippen molar-refractivity contribution in [3.8, 4) is 22.5 Å². The second-order valence-corrected chi connectivity index (χ2v) is 6.77. The summed E-state index contributed by atoms with van der Waals surface area (Å²) < 4.78 is 30.0. The van der Waals surface area contributed by atoms with Crippen molar-refractivity contribution in [1.29, 1.82) is 0 Å². The highest BCUT2D eigenvalue weighted by Gasteiger charge is 2.25. The summed E-state index contributed by atoms with van der Waals surface area (Å²) in [6.45, 7) is 2.45. The van der Waals surface area contributed by atoms with E-state index in [0.29, 0.717) is 11.3 Å². The molecule has 0 saturated heterocycles. The molecule has 134 valence electrons. The van der Waals surface area contributed by atoms with Gasteiger partial charge in [0.05, 0.1) is 22.4 Å². The number of imidazole rings is 1. The summed E-state index contributed by atoms with van der Waals surface area (Å²) >= 11 is 0. The Labute approximate surface area is 154 Å². The molecule has 0 saturated carbocycles. The quantitative estimate of drug-likeness (QED) is 0.519. The highest BCUT2D eigenvalue weighted by molar-refractivity contribution is 5.86. The van der Waals surface area contributed by atoms with Crippen molar-refractivity contribution in [2.45, 2.75) is 26.3 Å². The van der Waals surface area contributed by atoms with Gasteiger partial charge in [0.1, 0.15) is 5.82 Å². The summed E-state index contributed by atoms with van der Waals surface area (Å²) in [6, 6.07) is 8.66. The van der Waals surface area contributed by atoms with Crippen LogP contribution in [0.2, 0.25) is 0 Å². The maximum atomic E-state index is 14.2. The van der Waals surface area contributed by atoms with Gasteiger partial charge in [0.2, 0.25) is 0 Å². The fourth-order valence-electron chi connectivity index (χ4n) is 3.83. The highest BCUT2D eigenvalue weighted by Crippen LogP contribution is 2.38. The molecule has 0 atom stereocenters. The number of benzene rings is 2. The van der Waals surface area contributed by atoms with Gasteiger partial charge in [-0.25, -0.2) is 13.8 Å². The first-order valence-electron chi connectivity index (χ1n) is 8.89. The lowest BCUT2D eigenvalue weighted by Crippen LogP contribution is -1.98. The van der Waals surface area contributed by atoms with Crippen LogP contribution < -0.4 is 0 Å². The van der Waals surface area contributed by atoms with E-state index in [4.69, 9.17) is 4.98 Å². The van der Waals surface area contributed by atoms with Crippen molar-refractivity contribution in [3.63, 3.8) is 0 Å². The van der Waals surface area contributed by atoms with Crippen LogP contribution in [-0.2, 0) is 13.0 Å². The minimum absolute atomic E-state index is 0.272. The van der Waals surface area contributed by atoms with Gasteiger partial charge in [-0.1, -0.05) is 6.07 Å². The second-order valence-electron chi connectivity index (χ2n) is 6.77. The Morgan fingerprint density at radius 2 is 1.81 bits per heavy atom. The molecule has 5 rings (SSSR count). The van der Waals surface area contributed by atoms with Crippen LogP contribution >= 0.6 is 0 Å². The summed E-state index contributed by atoms with van der Waals surface area (Å²) in [5, 5.41) is 0. The number of hydrogen-bond donors (Lipinski definition) is 0. The van der Waals surface area contributed by atoms with Crippen LogP contribution in [0.5, 0.6) is 0 Å². The molecule has 0 spiro atoms. The molecule has 1 aliphatic heterocycles. The van der Waals surface area contributed by atoms with Gasteiger partial charge >= 0.3 is 0 Å². The number of hydrogen-bond acceptors (Lipinski definition) is 3. The topological polar surface area (TPSA) is 43.6 Å². The summed E-state index contributed by atoms with van der Waals surface area (Å²) in [5.74, 6) is -0.690. The Hall–Kier alpha value is -3.15. The van der Waals surface area contributed by atoms with Gasteiger partial charge in [-0.2, -0.15) is 0 Å². The lowest BCUT2D eigenvalue weighted by molar-refractivity contribution is 0.503. The first-order chi connectivity index (χ1) is 13.1. The molecule has 4 aromatic rings. The van der Waals surface area contributed by atoms with Gasteiger partial charge in [-0.15, -0.1) is 0 Å². The van der Waals surface area contributed by atoms with Crippen LogP contribution in [0.4, 0.5) is 8.78 Å². The number of rotatable bonds is 2. The Kier molecular flexibility index (Phi) is 3.53. The van der Waals surface area contributed by atoms with Crippen molar-refractivity contribution in [2.24, 2.45) is 0 Å². The highest BCUT2D eigenvalue weighted by atomic mass is 19.2. The third-order valence-corrected chi connectivity index (χ3v) is 5.17. The molecular formula is C21H16F2N4. The van der Waals surface area contributed by atoms with Crippen LogP contribution in [0.25, 0.3) is 33.5 Å². The van der Waals surface area contributed by atoms with E-state index in [2.05, 4.69) is 14.5 Å². The monoisotopic (exact) mass is 362 g/mol. The largest absolute Gasteiger partial charge is 0.327 e. The van der Waals surface area contributed by atoms with Gasteiger partial charge in [0.25, 0.3) is 0 Å². The third-order valence-electron chi connectivity index (χ3n) is 5.17. The van der Waals surface area contributed by atoms with E-state index in [9.17, 15) is 8.78 Å². The average molecular weight is 362 g/mol. The van der Waals surface area contributed by atoms with Crippen LogP contribution in [0.1, 0.15) is 17.8 Å². The van der Waals surface area contributed by atoms with E-state index in [0.717, 1.165) is 53.6 Å². The summed E-state index contributed by atoms with van der Waals surface area (Å²) in [6.07, 6.45) is 5.23. The molecule has 0 radical (unpaired) electrons. The first-order valence-corrected chi connectivity index (χ1v) is 8.89.